The number of ether oxygens (including phenoxy) is 1. The van der Waals surface area contributed by atoms with E-state index in [0.717, 1.165) is 25.7 Å². The van der Waals surface area contributed by atoms with Gasteiger partial charge >= 0.3 is 0 Å². The summed E-state index contributed by atoms with van der Waals surface area (Å²) in [6.45, 7) is 1.12. The molecule has 0 saturated carbocycles. The Bertz CT molecular complexity index is 122. The zero-order valence-corrected chi connectivity index (χ0v) is 9.27. The SMILES string of the molecule is NCCCC(CO)OC(CO)CCCN. The van der Waals surface area contributed by atoms with Crippen LogP contribution in [0.4, 0.5) is 0 Å². The summed E-state index contributed by atoms with van der Waals surface area (Å²) in [5, 5.41) is 18.1. The lowest BCUT2D eigenvalue weighted by molar-refractivity contribution is -0.0668. The number of hydrogen-bond donors (Lipinski definition) is 4. The van der Waals surface area contributed by atoms with E-state index in [1.807, 2.05) is 0 Å². The molecule has 2 atom stereocenters. The topological polar surface area (TPSA) is 102 Å². The summed E-state index contributed by atoms with van der Waals surface area (Å²) in [5.74, 6) is 0. The van der Waals surface area contributed by atoms with Crippen LogP contribution in [-0.2, 0) is 4.74 Å². The van der Waals surface area contributed by atoms with Gasteiger partial charge in [0.1, 0.15) is 0 Å². The number of hydrogen-bond acceptors (Lipinski definition) is 5. The highest BCUT2D eigenvalue weighted by Crippen LogP contribution is 2.09. The van der Waals surface area contributed by atoms with E-state index in [9.17, 15) is 0 Å². The van der Waals surface area contributed by atoms with Crippen molar-refractivity contribution in [3.8, 4) is 0 Å². The van der Waals surface area contributed by atoms with Gasteiger partial charge in [-0.25, -0.2) is 0 Å². The molecule has 0 aliphatic rings. The van der Waals surface area contributed by atoms with Gasteiger partial charge in [0, 0.05) is 0 Å². The average molecular weight is 220 g/mol. The van der Waals surface area contributed by atoms with Crippen LogP contribution < -0.4 is 11.5 Å². The molecule has 15 heavy (non-hydrogen) atoms. The first-order chi connectivity index (χ1) is 7.28. The average Bonchev–Trinajstić information content (AvgIpc) is 2.28. The molecule has 6 N–H and O–H groups in total. The highest BCUT2D eigenvalue weighted by Gasteiger charge is 2.14. The quantitative estimate of drug-likeness (QED) is 0.386. The van der Waals surface area contributed by atoms with Crippen molar-refractivity contribution in [2.75, 3.05) is 26.3 Å². The Kier molecular flexibility index (Phi) is 10.2. The van der Waals surface area contributed by atoms with Crippen molar-refractivity contribution < 1.29 is 14.9 Å². The van der Waals surface area contributed by atoms with E-state index >= 15 is 0 Å². The van der Waals surface area contributed by atoms with E-state index in [1.165, 1.54) is 0 Å². The zero-order valence-electron chi connectivity index (χ0n) is 9.27. The van der Waals surface area contributed by atoms with Crippen LogP contribution in [0, 0.1) is 0 Å². The summed E-state index contributed by atoms with van der Waals surface area (Å²) >= 11 is 0. The molecule has 92 valence electrons. The van der Waals surface area contributed by atoms with E-state index in [1.54, 1.807) is 0 Å². The molecular weight excluding hydrogens is 196 g/mol. The fraction of sp³-hybridized carbons (Fsp3) is 1.00. The fourth-order valence-corrected chi connectivity index (χ4v) is 1.37. The Morgan fingerprint density at radius 3 is 1.53 bits per heavy atom. The maximum absolute atomic E-state index is 9.05. The van der Waals surface area contributed by atoms with Crippen LogP contribution in [0.5, 0.6) is 0 Å². The molecule has 0 rings (SSSR count). The maximum Gasteiger partial charge on any atom is 0.0811 e. The van der Waals surface area contributed by atoms with E-state index in [2.05, 4.69) is 0 Å². The molecule has 0 saturated heterocycles. The smallest absolute Gasteiger partial charge is 0.0811 e. The van der Waals surface area contributed by atoms with Gasteiger partial charge in [0.25, 0.3) is 0 Å². The van der Waals surface area contributed by atoms with Crippen molar-refractivity contribution in [3.05, 3.63) is 0 Å². The van der Waals surface area contributed by atoms with E-state index in [-0.39, 0.29) is 25.4 Å². The van der Waals surface area contributed by atoms with Crippen molar-refractivity contribution in [1.82, 2.24) is 0 Å². The first kappa shape index (κ1) is 14.8. The Morgan fingerprint density at radius 2 is 1.27 bits per heavy atom. The van der Waals surface area contributed by atoms with Gasteiger partial charge in [-0.15, -0.1) is 0 Å². The Balaban J connectivity index is 3.77. The number of rotatable bonds is 10. The standard InChI is InChI=1S/C10H24N2O3/c11-5-1-3-9(7-13)15-10(8-14)4-2-6-12/h9-10,13-14H,1-8,11-12H2. The van der Waals surface area contributed by atoms with Crippen molar-refractivity contribution in [3.63, 3.8) is 0 Å². The summed E-state index contributed by atoms with van der Waals surface area (Å²) in [7, 11) is 0. The zero-order chi connectivity index (χ0) is 11.5. The second-order valence-corrected chi connectivity index (χ2v) is 3.61. The lowest BCUT2D eigenvalue weighted by atomic mass is 10.1. The normalized spacial score (nSPS) is 15.2. The van der Waals surface area contributed by atoms with Crippen LogP contribution in [0.25, 0.3) is 0 Å². The van der Waals surface area contributed by atoms with E-state index in [4.69, 9.17) is 26.4 Å². The fourth-order valence-electron chi connectivity index (χ4n) is 1.37. The number of nitrogens with two attached hydrogens (primary N) is 2. The van der Waals surface area contributed by atoms with Crippen LogP contribution in [0.1, 0.15) is 25.7 Å². The molecule has 5 nitrogen and oxygen atoms in total. The van der Waals surface area contributed by atoms with Gasteiger partial charge in [0.05, 0.1) is 25.4 Å². The summed E-state index contributed by atoms with van der Waals surface area (Å²) in [4.78, 5) is 0. The second-order valence-electron chi connectivity index (χ2n) is 3.61. The minimum atomic E-state index is -0.219. The largest absolute Gasteiger partial charge is 0.394 e. The summed E-state index contributed by atoms with van der Waals surface area (Å²) < 4.78 is 5.54. The number of aliphatic hydroxyl groups excluding tert-OH is 2. The molecule has 0 aromatic carbocycles. The molecule has 0 amide bonds. The summed E-state index contributed by atoms with van der Waals surface area (Å²) in [6, 6.07) is 0. The van der Waals surface area contributed by atoms with Crippen LogP contribution in [0.2, 0.25) is 0 Å². The molecule has 0 bridgehead atoms. The highest BCUT2D eigenvalue weighted by molar-refractivity contribution is 4.63. The van der Waals surface area contributed by atoms with Crippen LogP contribution in [0.3, 0.4) is 0 Å². The van der Waals surface area contributed by atoms with Gasteiger partial charge in [-0.1, -0.05) is 0 Å². The third-order valence-electron chi connectivity index (χ3n) is 2.25. The molecule has 0 aliphatic carbocycles. The minimum absolute atomic E-state index is 0.0286. The molecule has 0 fully saturated rings. The molecule has 0 heterocycles. The molecular formula is C10H24N2O3. The van der Waals surface area contributed by atoms with Gasteiger partial charge in [0.15, 0.2) is 0 Å². The van der Waals surface area contributed by atoms with Crippen LogP contribution >= 0.6 is 0 Å². The van der Waals surface area contributed by atoms with Gasteiger partial charge in [0.2, 0.25) is 0 Å². The summed E-state index contributed by atoms with van der Waals surface area (Å²) in [6.07, 6.45) is 2.66. The van der Waals surface area contributed by atoms with Gasteiger partial charge in [-0.2, -0.15) is 0 Å². The molecule has 0 aromatic rings. The van der Waals surface area contributed by atoms with Crippen molar-refractivity contribution in [2.24, 2.45) is 11.5 Å². The van der Waals surface area contributed by atoms with Gasteiger partial charge in [-0.3, -0.25) is 0 Å². The lowest BCUT2D eigenvalue weighted by Gasteiger charge is -2.22. The summed E-state index contributed by atoms with van der Waals surface area (Å²) in [5.41, 5.74) is 10.7. The third-order valence-corrected chi connectivity index (χ3v) is 2.25. The predicted molar refractivity (Wildman–Crippen MR) is 59.4 cm³/mol. The lowest BCUT2D eigenvalue weighted by Crippen LogP contribution is -2.29. The maximum atomic E-state index is 9.05. The highest BCUT2D eigenvalue weighted by atomic mass is 16.5. The minimum Gasteiger partial charge on any atom is -0.394 e. The molecule has 0 aliphatic heterocycles. The van der Waals surface area contributed by atoms with Crippen molar-refractivity contribution >= 4 is 0 Å². The van der Waals surface area contributed by atoms with E-state index < -0.39 is 0 Å². The Hall–Kier alpha value is -0.200. The predicted octanol–water partition coefficient (Wildman–Crippen LogP) is -0.797. The van der Waals surface area contributed by atoms with Gasteiger partial charge < -0.3 is 26.4 Å². The molecule has 5 heteroatoms. The van der Waals surface area contributed by atoms with E-state index in [0.29, 0.717) is 13.1 Å². The third kappa shape index (κ3) is 7.70. The van der Waals surface area contributed by atoms with Crippen LogP contribution in [-0.4, -0.2) is 48.7 Å². The monoisotopic (exact) mass is 220 g/mol. The van der Waals surface area contributed by atoms with Gasteiger partial charge in [-0.05, 0) is 38.8 Å². The Morgan fingerprint density at radius 1 is 0.867 bits per heavy atom. The molecule has 0 radical (unpaired) electrons. The molecule has 2 unspecified atom stereocenters. The Labute approximate surface area is 91.4 Å². The second kappa shape index (κ2) is 10.3. The van der Waals surface area contributed by atoms with Crippen LogP contribution in [0.15, 0.2) is 0 Å². The molecule has 0 aromatic heterocycles. The number of aliphatic hydroxyl groups is 2. The van der Waals surface area contributed by atoms with Crippen molar-refractivity contribution in [1.29, 1.82) is 0 Å². The van der Waals surface area contributed by atoms with Crippen molar-refractivity contribution in [2.45, 2.75) is 37.9 Å². The first-order valence-electron chi connectivity index (χ1n) is 5.55. The first-order valence-corrected chi connectivity index (χ1v) is 5.55. The molecule has 0 spiro atoms.